The molecule has 0 saturated heterocycles. The van der Waals surface area contributed by atoms with Crippen LogP contribution in [0, 0.1) is 11.6 Å². The summed E-state index contributed by atoms with van der Waals surface area (Å²) in [5, 5.41) is 6.57. The Labute approximate surface area is 158 Å². The van der Waals surface area contributed by atoms with E-state index < -0.39 is 21.5 Å². The van der Waals surface area contributed by atoms with Crippen LogP contribution in [0.5, 0.6) is 0 Å². The van der Waals surface area contributed by atoms with E-state index in [0.29, 0.717) is 15.8 Å². The number of nitrogens with zero attached hydrogens (tertiary/aromatic N) is 5. The molecule has 0 aliphatic rings. The number of rotatable bonds is 4. The van der Waals surface area contributed by atoms with Crippen LogP contribution in [0.4, 0.5) is 14.7 Å². The Morgan fingerprint density at radius 2 is 2.04 bits per heavy atom. The highest BCUT2D eigenvalue weighted by molar-refractivity contribution is 9.10. The normalized spacial score (nSPS) is 12.1. The van der Waals surface area contributed by atoms with Crippen LogP contribution < -0.4 is 5.32 Å². The van der Waals surface area contributed by atoms with Crippen molar-refractivity contribution in [1.82, 2.24) is 29.5 Å². The molecule has 13 heteroatoms. The Hall–Kier alpha value is -2.67. The van der Waals surface area contributed by atoms with Gasteiger partial charge in [-0.05, 0) is 28.1 Å². The minimum atomic E-state index is -3.66. The smallest absolute Gasteiger partial charge is 0.252 e. The third-order valence-electron chi connectivity index (χ3n) is 3.64. The summed E-state index contributed by atoms with van der Waals surface area (Å²) >= 11 is 3.24. The highest BCUT2D eigenvalue weighted by atomic mass is 79.9. The first-order valence-corrected chi connectivity index (χ1v) is 10.1. The SMILES string of the molecule is CS(=O)(=O)c1nc(NCc2nc3c(F)c(F)ccc3[nH]2)n2ncc(Br)c2n1. The zero-order valence-electron chi connectivity index (χ0n) is 13.5. The van der Waals surface area contributed by atoms with Crippen LogP contribution in [0.3, 0.4) is 0 Å². The number of H-pyrrole nitrogens is 1. The fourth-order valence-electron chi connectivity index (χ4n) is 2.43. The fraction of sp³-hybridized carbons (Fsp3) is 0.143. The van der Waals surface area contributed by atoms with E-state index in [4.69, 9.17) is 0 Å². The van der Waals surface area contributed by atoms with E-state index in [0.717, 1.165) is 12.3 Å². The van der Waals surface area contributed by atoms with Crippen LogP contribution in [0.15, 0.2) is 28.0 Å². The predicted octanol–water partition coefficient (Wildman–Crippen LogP) is 2.06. The van der Waals surface area contributed by atoms with Crippen molar-refractivity contribution in [2.24, 2.45) is 0 Å². The maximum Gasteiger partial charge on any atom is 0.252 e. The van der Waals surface area contributed by atoms with Crippen molar-refractivity contribution in [2.45, 2.75) is 11.7 Å². The lowest BCUT2D eigenvalue weighted by molar-refractivity contribution is 0.515. The summed E-state index contributed by atoms with van der Waals surface area (Å²) < 4.78 is 52.5. The van der Waals surface area contributed by atoms with E-state index in [1.54, 1.807) is 0 Å². The summed E-state index contributed by atoms with van der Waals surface area (Å²) in [7, 11) is -3.66. The minimum absolute atomic E-state index is 0.0303. The van der Waals surface area contributed by atoms with Gasteiger partial charge in [-0.3, -0.25) is 0 Å². The second kappa shape index (κ2) is 6.20. The maximum atomic E-state index is 13.8. The second-order valence-electron chi connectivity index (χ2n) is 5.62. The lowest BCUT2D eigenvalue weighted by Crippen LogP contribution is -2.13. The highest BCUT2D eigenvalue weighted by Crippen LogP contribution is 2.21. The van der Waals surface area contributed by atoms with Gasteiger partial charge in [-0.2, -0.15) is 19.6 Å². The van der Waals surface area contributed by atoms with Crippen molar-refractivity contribution in [3.8, 4) is 0 Å². The van der Waals surface area contributed by atoms with Crippen molar-refractivity contribution < 1.29 is 17.2 Å². The Bertz CT molecular complexity index is 1300. The van der Waals surface area contributed by atoms with Gasteiger partial charge in [-0.15, -0.1) is 0 Å². The number of halogens is 3. The van der Waals surface area contributed by atoms with Crippen molar-refractivity contribution in [1.29, 1.82) is 0 Å². The first-order chi connectivity index (χ1) is 12.7. The molecule has 0 saturated carbocycles. The molecular weight excluding hydrogens is 448 g/mol. The lowest BCUT2D eigenvalue weighted by Gasteiger charge is -2.07. The monoisotopic (exact) mass is 457 g/mol. The van der Waals surface area contributed by atoms with E-state index in [2.05, 4.69) is 46.3 Å². The van der Waals surface area contributed by atoms with Gasteiger partial charge in [0.05, 0.1) is 22.7 Å². The summed E-state index contributed by atoms with van der Waals surface area (Å²) in [6.07, 6.45) is 2.43. The van der Waals surface area contributed by atoms with Gasteiger partial charge in [0.15, 0.2) is 17.3 Å². The molecule has 0 unspecified atom stereocenters. The highest BCUT2D eigenvalue weighted by Gasteiger charge is 2.18. The largest absolute Gasteiger partial charge is 0.347 e. The number of anilines is 1. The second-order valence-corrected chi connectivity index (χ2v) is 8.39. The molecule has 4 aromatic rings. The fourth-order valence-corrected chi connectivity index (χ4v) is 3.28. The van der Waals surface area contributed by atoms with Crippen LogP contribution in [0.25, 0.3) is 16.7 Å². The third-order valence-corrected chi connectivity index (χ3v) is 5.05. The zero-order chi connectivity index (χ0) is 19.3. The molecule has 1 aromatic carbocycles. The Balaban J connectivity index is 1.72. The van der Waals surface area contributed by atoms with Gasteiger partial charge in [-0.25, -0.2) is 22.2 Å². The van der Waals surface area contributed by atoms with Gasteiger partial charge in [0, 0.05) is 6.26 Å². The summed E-state index contributed by atoms with van der Waals surface area (Å²) in [6, 6.07) is 2.38. The number of nitrogens with one attached hydrogen (secondary N) is 2. The maximum absolute atomic E-state index is 13.8. The van der Waals surface area contributed by atoms with Gasteiger partial charge < -0.3 is 10.3 Å². The molecule has 4 rings (SSSR count). The number of hydrogen-bond donors (Lipinski definition) is 2. The molecular formula is C14H10BrF2N7O2S. The molecule has 140 valence electrons. The number of sulfone groups is 1. The molecule has 2 N–H and O–H groups in total. The molecule has 27 heavy (non-hydrogen) atoms. The van der Waals surface area contributed by atoms with Gasteiger partial charge >= 0.3 is 0 Å². The topological polar surface area (TPSA) is 118 Å². The van der Waals surface area contributed by atoms with Crippen LogP contribution >= 0.6 is 15.9 Å². The molecule has 0 atom stereocenters. The van der Waals surface area contributed by atoms with E-state index in [-0.39, 0.29) is 28.8 Å². The first-order valence-electron chi connectivity index (χ1n) is 7.42. The quantitative estimate of drug-likeness (QED) is 0.481. The molecule has 0 radical (unpaired) electrons. The van der Waals surface area contributed by atoms with E-state index in [1.165, 1.54) is 16.8 Å². The van der Waals surface area contributed by atoms with E-state index in [1.807, 2.05) is 0 Å². The van der Waals surface area contributed by atoms with Crippen LogP contribution in [0.2, 0.25) is 0 Å². The zero-order valence-corrected chi connectivity index (χ0v) is 15.9. The number of fused-ring (bicyclic) bond motifs is 2. The van der Waals surface area contributed by atoms with Crippen LogP contribution in [-0.2, 0) is 16.4 Å². The Morgan fingerprint density at radius 3 is 2.78 bits per heavy atom. The lowest BCUT2D eigenvalue weighted by atomic mass is 10.3. The predicted molar refractivity (Wildman–Crippen MR) is 94.9 cm³/mol. The average Bonchev–Trinajstić information content (AvgIpc) is 3.20. The number of aromatic nitrogens is 6. The number of imidazole rings is 1. The minimum Gasteiger partial charge on any atom is -0.347 e. The van der Waals surface area contributed by atoms with Gasteiger partial charge in [0.25, 0.3) is 5.16 Å². The summed E-state index contributed by atoms with van der Waals surface area (Å²) in [5.41, 5.74) is 0.459. The first kappa shape index (κ1) is 17.7. The Morgan fingerprint density at radius 1 is 1.26 bits per heavy atom. The summed E-state index contributed by atoms with van der Waals surface area (Å²) in [6.45, 7) is 0.0303. The van der Waals surface area contributed by atoms with Crippen LogP contribution in [-0.4, -0.2) is 44.2 Å². The molecule has 0 spiro atoms. The Kier molecular flexibility index (Phi) is 4.07. The molecule has 0 bridgehead atoms. The van der Waals surface area contributed by atoms with Gasteiger partial charge in [-0.1, -0.05) is 0 Å². The van der Waals surface area contributed by atoms with Crippen molar-refractivity contribution in [2.75, 3.05) is 11.6 Å². The average molecular weight is 458 g/mol. The molecule has 3 heterocycles. The van der Waals surface area contributed by atoms with E-state index in [9.17, 15) is 17.2 Å². The van der Waals surface area contributed by atoms with Gasteiger partial charge in [0.2, 0.25) is 15.8 Å². The molecule has 0 aliphatic carbocycles. The molecule has 0 fully saturated rings. The summed E-state index contributed by atoms with van der Waals surface area (Å²) in [4.78, 5) is 14.8. The number of benzene rings is 1. The van der Waals surface area contributed by atoms with Crippen LogP contribution in [0.1, 0.15) is 5.82 Å². The van der Waals surface area contributed by atoms with Crippen molar-refractivity contribution >= 4 is 48.4 Å². The molecule has 0 aliphatic heterocycles. The van der Waals surface area contributed by atoms with Crippen molar-refractivity contribution in [3.05, 3.63) is 40.3 Å². The third kappa shape index (κ3) is 3.12. The van der Waals surface area contributed by atoms with E-state index >= 15 is 0 Å². The summed E-state index contributed by atoms with van der Waals surface area (Å²) in [5.74, 6) is -1.65. The number of hydrogen-bond acceptors (Lipinski definition) is 7. The van der Waals surface area contributed by atoms with Gasteiger partial charge in [0.1, 0.15) is 11.3 Å². The molecule has 3 aromatic heterocycles. The van der Waals surface area contributed by atoms with Crippen molar-refractivity contribution in [3.63, 3.8) is 0 Å². The molecule has 9 nitrogen and oxygen atoms in total. The standard InChI is InChI=1S/C14H10BrF2N7O2S/c1-27(25,26)14-22-12-6(15)4-19-24(12)13(23-14)18-5-9-20-8-3-2-7(16)10(17)11(8)21-9/h2-4H,5H2,1H3,(H,20,21)(H,18,22,23). The molecule has 0 amide bonds. The number of aromatic amines is 1.